The van der Waals surface area contributed by atoms with E-state index in [2.05, 4.69) is 27.8 Å². The number of allylic oxidation sites excluding steroid dienone is 1. The van der Waals surface area contributed by atoms with Crippen molar-refractivity contribution in [1.82, 2.24) is 0 Å². The maximum absolute atomic E-state index is 13.1. The van der Waals surface area contributed by atoms with Crippen molar-refractivity contribution >= 4 is 27.4 Å². The van der Waals surface area contributed by atoms with Gasteiger partial charge in [-0.2, -0.15) is 0 Å². The number of carbonyl (C=O) groups excluding carboxylic acids is 1. The highest BCUT2D eigenvalue weighted by Gasteiger charge is 2.46. The molecule has 3 heteroatoms. The van der Waals surface area contributed by atoms with Gasteiger partial charge in [-0.25, -0.2) is 0 Å². The van der Waals surface area contributed by atoms with Crippen LogP contribution < -0.4 is 5.32 Å². The van der Waals surface area contributed by atoms with Crippen LogP contribution in [0.1, 0.15) is 28.8 Å². The summed E-state index contributed by atoms with van der Waals surface area (Å²) in [4.78, 5) is 13.1. The van der Waals surface area contributed by atoms with E-state index in [1.165, 1.54) is 0 Å². The van der Waals surface area contributed by atoms with Crippen molar-refractivity contribution in [2.75, 3.05) is 5.32 Å². The fraction of sp³-hybridized carbons (Fsp3) is 0.167. The number of fused-ring (bicyclic) bond motifs is 1. The van der Waals surface area contributed by atoms with Crippen LogP contribution in [-0.4, -0.2) is 5.78 Å². The van der Waals surface area contributed by atoms with Gasteiger partial charge in [0, 0.05) is 15.7 Å². The highest BCUT2D eigenvalue weighted by Crippen LogP contribution is 2.44. The van der Waals surface area contributed by atoms with Gasteiger partial charge < -0.3 is 5.32 Å². The predicted molar refractivity (Wildman–Crippen MR) is 89.6 cm³/mol. The minimum Gasteiger partial charge on any atom is -0.368 e. The molecule has 106 valence electrons. The first-order valence-corrected chi connectivity index (χ1v) is 7.76. The van der Waals surface area contributed by atoms with Crippen LogP contribution >= 0.6 is 15.9 Å². The van der Waals surface area contributed by atoms with Gasteiger partial charge in [-0.1, -0.05) is 52.3 Å². The van der Waals surface area contributed by atoms with Gasteiger partial charge in [-0.15, -0.1) is 6.58 Å². The van der Waals surface area contributed by atoms with Crippen molar-refractivity contribution < 1.29 is 4.79 Å². The number of benzene rings is 2. The summed E-state index contributed by atoms with van der Waals surface area (Å²) in [6, 6.07) is 15.6. The van der Waals surface area contributed by atoms with Gasteiger partial charge in [0.15, 0.2) is 5.78 Å². The highest BCUT2D eigenvalue weighted by atomic mass is 79.9. The molecule has 2 nitrogen and oxygen atoms in total. The van der Waals surface area contributed by atoms with Crippen LogP contribution in [0.4, 0.5) is 5.69 Å². The molecule has 3 rings (SSSR count). The molecule has 1 aliphatic heterocycles. The fourth-order valence-electron chi connectivity index (χ4n) is 2.93. The third kappa shape index (κ3) is 2.22. The summed E-state index contributed by atoms with van der Waals surface area (Å²) in [5.41, 5.74) is 1.94. The number of hydrogen-bond donors (Lipinski definition) is 1. The predicted octanol–water partition coefficient (Wildman–Crippen LogP) is 4.92. The van der Waals surface area contributed by atoms with Crippen LogP contribution in [0.3, 0.4) is 0 Å². The van der Waals surface area contributed by atoms with Gasteiger partial charge in [-0.05, 0) is 36.6 Å². The molecule has 1 heterocycles. The van der Waals surface area contributed by atoms with Crippen LogP contribution in [-0.2, 0) is 5.54 Å². The van der Waals surface area contributed by atoms with Crippen molar-refractivity contribution in [2.24, 2.45) is 0 Å². The molecule has 2 aromatic carbocycles. The largest absolute Gasteiger partial charge is 0.368 e. The second-order valence-electron chi connectivity index (χ2n) is 5.21. The normalized spacial score (nSPS) is 20.0. The Morgan fingerprint density at radius 3 is 2.57 bits per heavy atom. The summed E-state index contributed by atoms with van der Waals surface area (Å²) >= 11 is 3.59. The monoisotopic (exact) mass is 341 g/mol. The maximum atomic E-state index is 13.1. The molecule has 1 atom stereocenters. The molecule has 21 heavy (non-hydrogen) atoms. The summed E-state index contributed by atoms with van der Waals surface area (Å²) in [5.74, 6) is 0.131. The van der Waals surface area contributed by atoms with E-state index in [4.69, 9.17) is 0 Å². The van der Waals surface area contributed by atoms with Crippen molar-refractivity contribution in [2.45, 2.75) is 18.4 Å². The minimum atomic E-state index is -0.710. The van der Waals surface area contributed by atoms with Crippen LogP contribution in [0.25, 0.3) is 0 Å². The van der Waals surface area contributed by atoms with Crippen LogP contribution in [0, 0.1) is 0 Å². The summed E-state index contributed by atoms with van der Waals surface area (Å²) in [5, 5.41) is 3.46. The molecule has 2 aromatic rings. The van der Waals surface area contributed by atoms with E-state index in [1.54, 1.807) is 0 Å². The van der Waals surface area contributed by atoms with Gasteiger partial charge in [0.1, 0.15) is 5.54 Å². The lowest BCUT2D eigenvalue weighted by Gasteiger charge is -2.30. The Bertz CT molecular complexity index is 710. The average molecular weight is 342 g/mol. The number of rotatable bonds is 4. The van der Waals surface area contributed by atoms with E-state index < -0.39 is 5.54 Å². The van der Waals surface area contributed by atoms with E-state index in [1.807, 2.05) is 54.6 Å². The second kappa shape index (κ2) is 5.49. The van der Waals surface area contributed by atoms with Gasteiger partial charge in [0.05, 0.1) is 0 Å². The second-order valence-corrected chi connectivity index (χ2v) is 6.07. The number of para-hydroxylation sites is 1. The molecule has 1 N–H and O–H groups in total. The van der Waals surface area contributed by atoms with Crippen LogP contribution in [0.5, 0.6) is 0 Å². The van der Waals surface area contributed by atoms with Gasteiger partial charge in [0.25, 0.3) is 0 Å². The van der Waals surface area contributed by atoms with E-state index in [0.29, 0.717) is 6.42 Å². The molecule has 0 saturated heterocycles. The molecule has 1 aliphatic rings. The Balaban J connectivity index is 2.15. The van der Waals surface area contributed by atoms with Crippen LogP contribution in [0.2, 0.25) is 0 Å². The van der Waals surface area contributed by atoms with E-state index in [-0.39, 0.29) is 5.78 Å². The van der Waals surface area contributed by atoms with Gasteiger partial charge in [0.2, 0.25) is 0 Å². The lowest BCUT2D eigenvalue weighted by atomic mass is 9.82. The number of ketones is 1. The quantitative estimate of drug-likeness (QED) is 0.799. The third-order valence-electron chi connectivity index (χ3n) is 3.96. The van der Waals surface area contributed by atoms with Crippen molar-refractivity contribution in [3.8, 4) is 0 Å². The van der Waals surface area contributed by atoms with Gasteiger partial charge >= 0.3 is 0 Å². The zero-order valence-electron chi connectivity index (χ0n) is 11.6. The molecular weight excluding hydrogens is 326 g/mol. The lowest BCUT2D eigenvalue weighted by molar-refractivity contribution is 0.0910. The maximum Gasteiger partial charge on any atom is 0.194 e. The Kier molecular flexibility index (Phi) is 3.68. The number of carbonyl (C=O) groups is 1. The van der Waals surface area contributed by atoms with Crippen LogP contribution in [0.15, 0.2) is 65.7 Å². The Morgan fingerprint density at radius 1 is 1.14 bits per heavy atom. The number of nitrogens with one attached hydrogen (secondary N) is 1. The number of halogens is 1. The number of hydrogen-bond acceptors (Lipinski definition) is 2. The average Bonchev–Trinajstić information content (AvgIpc) is 2.80. The Morgan fingerprint density at radius 2 is 1.86 bits per heavy atom. The summed E-state index contributed by atoms with van der Waals surface area (Å²) in [7, 11) is 0. The van der Waals surface area contributed by atoms with E-state index in [0.717, 1.165) is 27.7 Å². The van der Waals surface area contributed by atoms with Crippen molar-refractivity contribution in [3.63, 3.8) is 0 Å². The number of anilines is 1. The minimum absolute atomic E-state index is 0.131. The van der Waals surface area contributed by atoms with Crippen molar-refractivity contribution in [3.05, 3.63) is 76.8 Å². The molecule has 0 fully saturated rings. The zero-order valence-corrected chi connectivity index (χ0v) is 13.2. The summed E-state index contributed by atoms with van der Waals surface area (Å²) in [6.07, 6.45) is 3.32. The molecule has 0 amide bonds. The molecule has 0 bridgehead atoms. The van der Waals surface area contributed by atoms with E-state index >= 15 is 0 Å². The van der Waals surface area contributed by atoms with E-state index in [9.17, 15) is 4.79 Å². The topological polar surface area (TPSA) is 29.1 Å². The molecule has 0 radical (unpaired) electrons. The molecule has 0 spiro atoms. The SMILES string of the molecule is C=CCCC1(c2ccccc2Br)Nc2ccccc2C1=O. The van der Waals surface area contributed by atoms with Crippen molar-refractivity contribution in [1.29, 1.82) is 0 Å². The molecule has 0 aromatic heterocycles. The molecule has 0 saturated carbocycles. The first-order valence-electron chi connectivity index (χ1n) is 6.97. The number of Topliss-reactive ketones (excluding diaryl/α,β-unsaturated/α-hetero) is 1. The third-order valence-corrected chi connectivity index (χ3v) is 4.66. The molecular formula is C18H16BrNO. The smallest absolute Gasteiger partial charge is 0.194 e. The Labute approximate surface area is 133 Å². The standard InChI is InChI=1S/C18H16BrNO/c1-2-3-12-18(14-9-5-6-10-15(14)19)17(21)13-8-4-7-11-16(13)20-18/h2,4-11,20H,1,3,12H2. The molecule has 1 unspecified atom stereocenters. The lowest BCUT2D eigenvalue weighted by Crippen LogP contribution is -2.38. The van der Waals surface area contributed by atoms with Gasteiger partial charge in [-0.3, -0.25) is 4.79 Å². The zero-order chi connectivity index (χ0) is 14.9. The Hall–Kier alpha value is -1.87. The first-order chi connectivity index (χ1) is 10.2. The summed E-state index contributed by atoms with van der Waals surface area (Å²) < 4.78 is 0.947. The molecule has 0 aliphatic carbocycles. The fourth-order valence-corrected chi connectivity index (χ4v) is 3.56. The first kappa shape index (κ1) is 14.1. The highest BCUT2D eigenvalue weighted by molar-refractivity contribution is 9.10. The summed E-state index contributed by atoms with van der Waals surface area (Å²) in [6.45, 7) is 3.79.